The van der Waals surface area contributed by atoms with E-state index in [1.165, 1.54) is 23.1 Å². The number of hydrazone groups is 1. The zero-order valence-corrected chi connectivity index (χ0v) is 19.0. The largest absolute Gasteiger partial charge is 0.493 e. The third-order valence-electron chi connectivity index (χ3n) is 4.10. The van der Waals surface area contributed by atoms with E-state index in [-0.39, 0.29) is 11.7 Å². The standard InChI is InChI=1S/C22H24N4O3S2/c1-3-4-12-29-18-11-10-16(13-19(18)28-2)14-23-24-20(27)15-30-22-26-25-21(31-22)17-8-6-5-7-9-17/h5-11,13-14H,3-4,12,15H2,1-2H3,(H,24,27). The number of nitrogens with zero attached hydrogens (tertiary/aromatic N) is 3. The number of benzene rings is 2. The van der Waals surface area contributed by atoms with Crippen molar-refractivity contribution in [3.63, 3.8) is 0 Å². The number of ether oxygens (including phenoxy) is 2. The lowest BCUT2D eigenvalue weighted by molar-refractivity contribution is -0.118. The highest BCUT2D eigenvalue weighted by atomic mass is 32.2. The number of hydrogen-bond donors (Lipinski definition) is 1. The van der Waals surface area contributed by atoms with Crippen molar-refractivity contribution < 1.29 is 14.3 Å². The molecule has 1 aromatic heterocycles. The van der Waals surface area contributed by atoms with E-state index in [4.69, 9.17) is 9.47 Å². The van der Waals surface area contributed by atoms with Gasteiger partial charge < -0.3 is 9.47 Å². The normalized spacial score (nSPS) is 10.9. The zero-order valence-electron chi connectivity index (χ0n) is 17.4. The fourth-order valence-electron chi connectivity index (χ4n) is 2.51. The van der Waals surface area contributed by atoms with Gasteiger partial charge in [0.2, 0.25) is 0 Å². The number of nitrogens with one attached hydrogen (secondary N) is 1. The summed E-state index contributed by atoms with van der Waals surface area (Å²) in [5, 5.41) is 13.2. The summed E-state index contributed by atoms with van der Waals surface area (Å²) in [6.45, 7) is 2.76. The van der Waals surface area contributed by atoms with E-state index in [1.807, 2.05) is 48.5 Å². The van der Waals surface area contributed by atoms with Gasteiger partial charge in [-0.3, -0.25) is 4.79 Å². The van der Waals surface area contributed by atoms with Crippen LogP contribution in [0.2, 0.25) is 0 Å². The molecule has 0 aliphatic heterocycles. The van der Waals surface area contributed by atoms with Crippen LogP contribution in [-0.4, -0.2) is 41.8 Å². The van der Waals surface area contributed by atoms with Crippen LogP contribution < -0.4 is 14.9 Å². The number of carbonyl (C=O) groups is 1. The van der Waals surface area contributed by atoms with Gasteiger partial charge in [-0.25, -0.2) is 5.43 Å². The van der Waals surface area contributed by atoms with Gasteiger partial charge in [0.15, 0.2) is 15.8 Å². The molecule has 7 nitrogen and oxygen atoms in total. The highest BCUT2D eigenvalue weighted by Crippen LogP contribution is 2.29. The molecule has 0 saturated carbocycles. The molecule has 2 aromatic carbocycles. The highest BCUT2D eigenvalue weighted by Gasteiger charge is 2.09. The van der Waals surface area contributed by atoms with Crippen molar-refractivity contribution in [2.75, 3.05) is 19.5 Å². The molecular weight excluding hydrogens is 432 g/mol. The van der Waals surface area contributed by atoms with E-state index in [1.54, 1.807) is 13.3 Å². The molecule has 9 heteroatoms. The first kappa shape index (κ1) is 22.8. The van der Waals surface area contributed by atoms with E-state index in [9.17, 15) is 4.79 Å². The minimum absolute atomic E-state index is 0.203. The smallest absolute Gasteiger partial charge is 0.250 e. The lowest BCUT2D eigenvalue weighted by Gasteiger charge is -2.10. The fourth-order valence-corrected chi connectivity index (χ4v) is 4.16. The Balaban J connectivity index is 1.47. The topological polar surface area (TPSA) is 85.7 Å². The summed E-state index contributed by atoms with van der Waals surface area (Å²) in [4.78, 5) is 12.1. The lowest BCUT2D eigenvalue weighted by atomic mass is 10.2. The van der Waals surface area contributed by atoms with Crippen LogP contribution in [0.5, 0.6) is 11.5 Å². The molecule has 0 bridgehead atoms. The molecule has 0 atom stereocenters. The molecule has 1 heterocycles. The molecule has 0 saturated heterocycles. The Morgan fingerprint density at radius 3 is 2.81 bits per heavy atom. The van der Waals surface area contributed by atoms with Gasteiger partial charge in [0.1, 0.15) is 5.01 Å². The molecule has 1 amide bonds. The summed E-state index contributed by atoms with van der Waals surface area (Å²) in [7, 11) is 1.60. The van der Waals surface area contributed by atoms with Crippen LogP contribution in [0.25, 0.3) is 10.6 Å². The Morgan fingerprint density at radius 2 is 2.03 bits per heavy atom. The molecule has 0 unspecified atom stereocenters. The second-order valence-electron chi connectivity index (χ2n) is 6.43. The van der Waals surface area contributed by atoms with Gasteiger partial charge >= 0.3 is 0 Å². The summed E-state index contributed by atoms with van der Waals surface area (Å²) in [6.07, 6.45) is 3.62. The molecule has 0 aliphatic carbocycles. The Bertz CT molecular complexity index is 1010. The van der Waals surface area contributed by atoms with Crippen LogP contribution in [-0.2, 0) is 4.79 Å². The van der Waals surface area contributed by atoms with Crippen molar-refractivity contribution in [3.8, 4) is 22.1 Å². The van der Waals surface area contributed by atoms with Crippen LogP contribution in [0.15, 0.2) is 58.0 Å². The zero-order chi connectivity index (χ0) is 21.9. The number of rotatable bonds is 11. The van der Waals surface area contributed by atoms with E-state index >= 15 is 0 Å². The van der Waals surface area contributed by atoms with Crippen molar-refractivity contribution in [1.82, 2.24) is 15.6 Å². The van der Waals surface area contributed by atoms with Gasteiger partial charge in [-0.15, -0.1) is 10.2 Å². The monoisotopic (exact) mass is 456 g/mol. The average Bonchev–Trinajstić information content (AvgIpc) is 3.28. The van der Waals surface area contributed by atoms with Gasteiger partial charge in [0.05, 0.1) is 25.7 Å². The van der Waals surface area contributed by atoms with E-state index < -0.39 is 0 Å². The SMILES string of the molecule is CCCCOc1ccc(C=NNC(=O)CSc2nnc(-c3ccccc3)s2)cc1OC. The first-order chi connectivity index (χ1) is 15.2. The Labute approximate surface area is 189 Å². The van der Waals surface area contributed by atoms with Crippen LogP contribution in [0.3, 0.4) is 0 Å². The predicted octanol–water partition coefficient (Wildman–Crippen LogP) is 4.64. The molecule has 3 rings (SSSR count). The number of unbranched alkanes of at least 4 members (excludes halogenated alkanes) is 1. The van der Waals surface area contributed by atoms with Gasteiger partial charge in [0.25, 0.3) is 5.91 Å². The second kappa shape index (κ2) is 12.1. The quantitative estimate of drug-likeness (QED) is 0.196. The van der Waals surface area contributed by atoms with E-state index in [0.717, 1.165) is 33.3 Å². The number of hydrogen-bond acceptors (Lipinski definition) is 8. The average molecular weight is 457 g/mol. The molecule has 0 fully saturated rings. The van der Waals surface area contributed by atoms with Crippen LogP contribution in [0.4, 0.5) is 0 Å². The Morgan fingerprint density at radius 1 is 1.19 bits per heavy atom. The van der Waals surface area contributed by atoms with Gasteiger partial charge in [0, 0.05) is 5.56 Å². The fraction of sp³-hybridized carbons (Fsp3) is 0.273. The summed E-state index contributed by atoms with van der Waals surface area (Å²) in [6, 6.07) is 15.3. The second-order valence-corrected chi connectivity index (χ2v) is 8.63. The van der Waals surface area contributed by atoms with Gasteiger partial charge in [-0.1, -0.05) is 66.8 Å². The predicted molar refractivity (Wildman–Crippen MR) is 125 cm³/mol. The molecule has 0 radical (unpaired) electrons. The van der Waals surface area contributed by atoms with Crippen molar-refractivity contribution in [1.29, 1.82) is 0 Å². The maximum Gasteiger partial charge on any atom is 0.250 e. The minimum atomic E-state index is -0.218. The lowest BCUT2D eigenvalue weighted by Crippen LogP contribution is -2.19. The third kappa shape index (κ3) is 7.08. The highest BCUT2D eigenvalue weighted by molar-refractivity contribution is 8.01. The molecule has 162 valence electrons. The van der Waals surface area contributed by atoms with Crippen molar-refractivity contribution >= 4 is 35.2 Å². The Hall–Kier alpha value is -2.91. The van der Waals surface area contributed by atoms with Gasteiger partial charge in [-0.05, 0) is 30.2 Å². The van der Waals surface area contributed by atoms with Crippen LogP contribution in [0.1, 0.15) is 25.3 Å². The summed E-state index contributed by atoms with van der Waals surface area (Å²) in [5.41, 5.74) is 4.34. The third-order valence-corrected chi connectivity index (χ3v) is 6.21. The number of thioether (sulfide) groups is 1. The minimum Gasteiger partial charge on any atom is -0.493 e. The first-order valence-corrected chi connectivity index (χ1v) is 11.6. The van der Waals surface area contributed by atoms with Crippen LogP contribution in [0, 0.1) is 0 Å². The summed E-state index contributed by atoms with van der Waals surface area (Å²) >= 11 is 2.79. The van der Waals surface area contributed by atoms with Crippen molar-refractivity contribution in [2.45, 2.75) is 24.1 Å². The van der Waals surface area contributed by atoms with Crippen LogP contribution >= 0.6 is 23.1 Å². The number of amides is 1. The summed E-state index contributed by atoms with van der Waals surface area (Å²) < 4.78 is 11.8. The molecule has 31 heavy (non-hydrogen) atoms. The van der Waals surface area contributed by atoms with Gasteiger partial charge in [-0.2, -0.15) is 5.10 Å². The Kier molecular flexibility index (Phi) is 8.86. The molecular formula is C22H24N4O3S2. The van der Waals surface area contributed by atoms with E-state index in [2.05, 4.69) is 27.6 Å². The molecule has 3 aromatic rings. The maximum absolute atomic E-state index is 12.1. The molecule has 0 spiro atoms. The number of methoxy groups -OCH3 is 1. The number of aromatic nitrogens is 2. The molecule has 1 N–H and O–H groups in total. The molecule has 0 aliphatic rings. The number of carbonyl (C=O) groups excluding carboxylic acids is 1. The van der Waals surface area contributed by atoms with Crippen molar-refractivity contribution in [2.24, 2.45) is 5.10 Å². The van der Waals surface area contributed by atoms with E-state index in [0.29, 0.717) is 18.1 Å². The summed E-state index contributed by atoms with van der Waals surface area (Å²) in [5.74, 6) is 1.31. The van der Waals surface area contributed by atoms with Crippen molar-refractivity contribution in [3.05, 3.63) is 54.1 Å². The first-order valence-electron chi connectivity index (χ1n) is 9.84. The maximum atomic E-state index is 12.1.